The molecule has 0 saturated carbocycles. The van der Waals surface area contributed by atoms with Crippen molar-refractivity contribution < 1.29 is 0 Å². The van der Waals surface area contributed by atoms with Gasteiger partial charge >= 0.3 is 0 Å². The second kappa shape index (κ2) is 5.09. The summed E-state index contributed by atoms with van der Waals surface area (Å²) in [6, 6.07) is 0.414. The summed E-state index contributed by atoms with van der Waals surface area (Å²) in [6.07, 6.45) is 8.44. The van der Waals surface area contributed by atoms with E-state index in [4.69, 9.17) is 11.5 Å². The Balaban J connectivity index is 2.40. The van der Waals surface area contributed by atoms with E-state index in [9.17, 15) is 0 Å². The van der Waals surface area contributed by atoms with Crippen LogP contribution < -0.4 is 11.5 Å². The van der Waals surface area contributed by atoms with E-state index in [-0.39, 0.29) is 0 Å². The highest BCUT2D eigenvalue weighted by molar-refractivity contribution is 5.21. The smallest absolute Gasteiger partial charge is 0.0468 e. The Hall–Kier alpha value is -0.640. The molecule has 0 bridgehead atoms. The van der Waals surface area contributed by atoms with E-state index < -0.39 is 0 Å². The van der Waals surface area contributed by atoms with Crippen LogP contribution in [0.2, 0.25) is 0 Å². The van der Waals surface area contributed by atoms with Gasteiger partial charge in [-0.25, -0.2) is 0 Å². The molecule has 0 aliphatic heterocycles. The standard InChI is InChI=1S/C9H17N3/c10-5-7-12(8-6-11)9-3-1-2-4-9/h1-4,9H,5-8,10-11H2. The number of allylic oxidation sites excluding steroid dienone is 2. The molecule has 0 aromatic rings. The Morgan fingerprint density at radius 2 is 1.50 bits per heavy atom. The van der Waals surface area contributed by atoms with Gasteiger partial charge in [-0.1, -0.05) is 24.3 Å². The van der Waals surface area contributed by atoms with Crippen LogP contribution in [0, 0.1) is 0 Å². The van der Waals surface area contributed by atoms with Gasteiger partial charge in [-0.05, 0) is 0 Å². The number of hydrogen-bond donors (Lipinski definition) is 2. The van der Waals surface area contributed by atoms with E-state index in [1.165, 1.54) is 0 Å². The Morgan fingerprint density at radius 3 is 1.92 bits per heavy atom. The van der Waals surface area contributed by atoms with E-state index in [1.54, 1.807) is 0 Å². The van der Waals surface area contributed by atoms with Crippen LogP contribution in [-0.2, 0) is 0 Å². The van der Waals surface area contributed by atoms with Crippen molar-refractivity contribution in [2.45, 2.75) is 6.04 Å². The van der Waals surface area contributed by atoms with Gasteiger partial charge in [0, 0.05) is 32.2 Å². The second-order valence-electron chi connectivity index (χ2n) is 2.87. The zero-order chi connectivity index (χ0) is 8.81. The molecule has 12 heavy (non-hydrogen) atoms. The van der Waals surface area contributed by atoms with Gasteiger partial charge in [-0.3, -0.25) is 4.90 Å². The first-order valence-corrected chi connectivity index (χ1v) is 4.37. The van der Waals surface area contributed by atoms with Crippen LogP contribution in [0.15, 0.2) is 24.3 Å². The quantitative estimate of drug-likeness (QED) is 0.591. The zero-order valence-corrected chi connectivity index (χ0v) is 7.32. The molecule has 0 unspecified atom stereocenters. The average molecular weight is 167 g/mol. The molecule has 0 heterocycles. The van der Waals surface area contributed by atoms with E-state index >= 15 is 0 Å². The third-order valence-electron chi connectivity index (χ3n) is 1.98. The molecule has 0 spiro atoms. The van der Waals surface area contributed by atoms with Crippen LogP contribution in [0.5, 0.6) is 0 Å². The van der Waals surface area contributed by atoms with E-state index in [1.807, 2.05) is 0 Å². The molecule has 3 heteroatoms. The molecule has 0 amide bonds. The Morgan fingerprint density at radius 1 is 1.00 bits per heavy atom. The Bertz CT molecular complexity index is 157. The minimum absolute atomic E-state index is 0.414. The highest BCUT2D eigenvalue weighted by atomic mass is 15.2. The summed E-state index contributed by atoms with van der Waals surface area (Å²) in [5.41, 5.74) is 11.0. The first kappa shape index (κ1) is 9.45. The molecule has 1 aliphatic rings. The van der Waals surface area contributed by atoms with Gasteiger partial charge in [-0.15, -0.1) is 0 Å². The highest BCUT2D eigenvalue weighted by Gasteiger charge is 2.12. The maximum Gasteiger partial charge on any atom is 0.0468 e. The molecular formula is C9H17N3. The molecule has 0 aromatic heterocycles. The van der Waals surface area contributed by atoms with Crippen molar-refractivity contribution in [2.24, 2.45) is 11.5 Å². The number of nitrogens with two attached hydrogens (primary N) is 2. The fourth-order valence-electron chi connectivity index (χ4n) is 1.41. The second-order valence-corrected chi connectivity index (χ2v) is 2.87. The van der Waals surface area contributed by atoms with Crippen molar-refractivity contribution in [3.8, 4) is 0 Å². The van der Waals surface area contributed by atoms with Gasteiger partial charge in [0.25, 0.3) is 0 Å². The minimum atomic E-state index is 0.414. The molecule has 0 aromatic carbocycles. The van der Waals surface area contributed by atoms with E-state index in [0.29, 0.717) is 19.1 Å². The first-order valence-electron chi connectivity index (χ1n) is 4.37. The van der Waals surface area contributed by atoms with Crippen LogP contribution in [0.25, 0.3) is 0 Å². The summed E-state index contributed by atoms with van der Waals surface area (Å²) >= 11 is 0. The van der Waals surface area contributed by atoms with Crippen LogP contribution >= 0.6 is 0 Å². The summed E-state index contributed by atoms with van der Waals surface area (Å²) in [5.74, 6) is 0. The van der Waals surface area contributed by atoms with Crippen molar-refractivity contribution in [3.05, 3.63) is 24.3 Å². The van der Waals surface area contributed by atoms with Crippen LogP contribution in [-0.4, -0.2) is 37.1 Å². The van der Waals surface area contributed by atoms with Crippen molar-refractivity contribution in [3.63, 3.8) is 0 Å². The van der Waals surface area contributed by atoms with Crippen LogP contribution in [0.4, 0.5) is 0 Å². The summed E-state index contributed by atoms with van der Waals surface area (Å²) in [5, 5.41) is 0. The van der Waals surface area contributed by atoms with E-state index in [0.717, 1.165) is 13.1 Å². The normalized spacial score (nSPS) is 16.6. The largest absolute Gasteiger partial charge is 0.329 e. The summed E-state index contributed by atoms with van der Waals surface area (Å²) in [7, 11) is 0. The van der Waals surface area contributed by atoms with Crippen LogP contribution in [0.1, 0.15) is 0 Å². The number of rotatable bonds is 5. The number of hydrogen-bond acceptors (Lipinski definition) is 3. The fourth-order valence-corrected chi connectivity index (χ4v) is 1.41. The van der Waals surface area contributed by atoms with Gasteiger partial charge in [-0.2, -0.15) is 0 Å². The number of nitrogens with zero attached hydrogens (tertiary/aromatic N) is 1. The van der Waals surface area contributed by atoms with Gasteiger partial charge in [0.05, 0.1) is 0 Å². The van der Waals surface area contributed by atoms with Crippen molar-refractivity contribution in [2.75, 3.05) is 26.2 Å². The third kappa shape index (κ3) is 2.44. The van der Waals surface area contributed by atoms with Crippen LogP contribution in [0.3, 0.4) is 0 Å². The summed E-state index contributed by atoms with van der Waals surface area (Å²) < 4.78 is 0. The predicted molar refractivity (Wildman–Crippen MR) is 51.7 cm³/mol. The van der Waals surface area contributed by atoms with Crippen molar-refractivity contribution in [1.29, 1.82) is 0 Å². The SMILES string of the molecule is NCCN(CCN)C1C=CC=C1. The lowest BCUT2D eigenvalue weighted by atomic mass is 10.2. The van der Waals surface area contributed by atoms with Gasteiger partial charge in [0.15, 0.2) is 0 Å². The average Bonchev–Trinajstić information content (AvgIpc) is 2.56. The summed E-state index contributed by atoms with van der Waals surface area (Å²) in [6.45, 7) is 3.21. The zero-order valence-electron chi connectivity index (χ0n) is 7.32. The molecule has 0 atom stereocenters. The van der Waals surface area contributed by atoms with Crippen molar-refractivity contribution in [1.82, 2.24) is 4.90 Å². The molecule has 68 valence electrons. The fraction of sp³-hybridized carbons (Fsp3) is 0.556. The lowest BCUT2D eigenvalue weighted by Crippen LogP contribution is -2.39. The molecule has 1 rings (SSSR count). The monoisotopic (exact) mass is 167 g/mol. The van der Waals surface area contributed by atoms with E-state index in [2.05, 4.69) is 29.2 Å². The van der Waals surface area contributed by atoms with Gasteiger partial charge < -0.3 is 11.5 Å². The highest BCUT2D eigenvalue weighted by Crippen LogP contribution is 2.07. The Kier molecular flexibility index (Phi) is 4.00. The van der Waals surface area contributed by atoms with Crippen molar-refractivity contribution >= 4 is 0 Å². The summed E-state index contributed by atoms with van der Waals surface area (Å²) in [4.78, 5) is 2.28. The van der Waals surface area contributed by atoms with Gasteiger partial charge in [0.2, 0.25) is 0 Å². The maximum absolute atomic E-state index is 5.50. The predicted octanol–water partition coefficient (Wildman–Crippen LogP) is -0.300. The molecule has 0 fully saturated rings. The Labute approximate surface area is 73.7 Å². The molecule has 0 radical (unpaired) electrons. The topological polar surface area (TPSA) is 55.3 Å². The third-order valence-corrected chi connectivity index (χ3v) is 1.98. The minimum Gasteiger partial charge on any atom is -0.329 e. The molecule has 1 aliphatic carbocycles. The molecule has 0 saturated heterocycles. The molecule has 3 nitrogen and oxygen atoms in total. The lowest BCUT2D eigenvalue weighted by molar-refractivity contribution is 0.275. The molecular weight excluding hydrogens is 150 g/mol. The first-order chi connectivity index (χ1) is 5.88. The van der Waals surface area contributed by atoms with Gasteiger partial charge in [0.1, 0.15) is 0 Å². The maximum atomic E-state index is 5.50. The molecule has 4 N–H and O–H groups in total. The lowest BCUT2D eigenvalue weighted by Gasteiger charge is -2.25.